The molecule has 2 aliphatic heterocycles. The van der Waals surface area contributed by atoms with Gasteiger partial charge in [-0.1, -0.05) is 0 Å². The van der Waals surface area contributed by atoms with E-state index in [-0.39, 0.29) is 18.3 Å². The zero-order chi connectivity index (χ0) is 14.4. The fourth-order valence-corrected chi connectivity index (χ4v) is 2.72. The molecule has 0 saturated carbocycles. The Hall–Kier alpha value is -0.905. The van der Waals surface area contributed by atoms with Gasteiger partial charge in [-0.15, -0.1) is 0 Å². The van der Waals surface area contributed by atoms with Gasteiger partial charge in [0.2, 0.25) is 0 Å². The van der Waals surface area contributed by atoms with Crippen molar-refractivity contribution in [1.29, 1.82) is 0 Å². The van der Waals surface area contributed by atoms with Crippen LogP contribution in [0.4, 0.5) is 0 Å². The first-order valence-electron chi connectivity index (χ1n) is 7.44. The molecule has 3 rings (SSSR count). The quantitative estimate of drug-likeness (QED) is 0.835. The molecule has 0 aliphatic carbocycles. The van der Waals surface area contributed by atoms with Crippen molar-refractivity contribution in [3.63, 3.8) is 0 Å². The van der Waals surface area contributed by atoms with Crippen LogP contribution >= 0.6 is 0 Å². The Labute approximate surface area is 121 Å². The van der Waals surface area contributed by atoms with Crippen LogP contribution in [0.5, 0.6) is 0 Å². The number of nitrogens with zero attached hydrogens (tertiary/aromatic N) is 1. The molecule has 0 aromatic carbocycles. The molecule has 1 N–H and O–H groups in total. The number of aromatic nitrogens is 1. The molecule has 3 heterocycles. The summed E-state index contributed by atoms with van der Waals surface area (Å²) in [4.78, 5) is 4.49. The highest BCUT2D eigenvalue weighted by molar-refractivity contribution is 6.62. The zero-order valence-electron chi connectivity index (χ0n) is 12.8. The Kier molecular flexibility index (Phi) is 3.39. The van der Waals surface area contributed by atoms with Gasteiger partial charge < -0.3 is 14.6 Å². The number of nitrogens with one attached hydrogen (secondary N) is 1. The summed E-state index contributed by atoms with van der Waals surface area (Å²) in [7, 11) is -0.303. The molecule has 2 saturated heterocycles. The van der Waals surface area contributed by atoms with E-state index in [9.17, 15) is 0 Å². The number of rotatable bonds is 2. The second kappa shape index (κ2) is 4.83. The van der Waals surface area contributed by atoms with Crippen molar-refractivity contribution in [1.82, 2.24) is 10.3 Å². The Morgan fingerprint density at radius 3 is 2.55 bits per heavy atom. The molecule has 0 amide bonds. The first kappa shape index (κ1) is 14.0. The molecule has 20 heavy (non-hydrogen) atoms. The highest BCUT2D eigenvalue weighted by atomic mass is 16.7. The van der Waals surface area contributed by atoms with E-state index < -0.39 is 0 Å². The molecular weight excluding hydrogens is 251 g/mol. The minimum Gasteiger partial charge on any atom is -0.399 e. The number of hydrogen-bond donors (Lipinski definition) is 1. The maximum atomic E-state index is 6.10. The first-order valence-corrected chi connectivity index (χ1v) is 7.44. The molecular formula is C15H23BN2O2. The highest BCUT2D eigenvalue weighted by Crippen LogP contribution is 2.36. The van der Waals surface area contributed by atoms with Gasteiger partial charge in [-0.3, -0.25) is 4.98 Å². The van der Waals surface area contributed by atoms with Crippen molar-refractivity contribution in [2.24, 2.45) is 0 Å². The summed E-state index contributed by atoms with van der Waals surface area (Å²) >= 11 is 0. The topological polar surface area (TPSA) is 43.4 Å². The van der Waals surface area contributed by atoms with Crippen LogP contribution in [-0.2, 0) is 9.31 Å². The van der Waals surface area contributed by atoms with Crippen LogP contribution in [0.15, 0.2) is 18.3 Å². The van der Waals surface area contributed by atoms with E-state index in [1.54, 1.807) is 0 Å². The van der Waals surface area contributed by atoms with Crippen LogP contribution in [0.1, 0.15) is 52.3 Å². The smallest absolute Gasteiger partial charge is 0.399 e. The molecule has 5 heteroatoms. The molecule has 0 spiro atoms. The fourth-order valence-electron chi connectivity index (χ4n) is 2.72. The van der Waals surface area contributed by atoms with E-state index in [1.165, 1.54) is 6.42 Å². The molecule has 4 nitrogen and oxygen atoms in total. The maximum Gasteiger partial charge on any atom is 0.494 e. The molecule has 0 radical (unpaired) electrons. The Morgan fingerprint density at radius 1 is 1.25 bits per heavy atom. The van der Waals surface area contributed by atoms with Crippen molar-refractivity contribution in [3.8, 4) is 0 Å². The minimum absolute atomic E-state index is 0.299. The molecule has 1 aromatic rings. The molecule has 0 bridgehead atoms. The second-order valence-corrected chi connectivity index (χ2v) is 6.75. The largest absolute Gasteiger partial charge is 0.494 e. The third-order valence-corrected chi connectivity index (χ3v) is 4.75. The van der Waals surface area contributed by atoms with Crippen LogP contribution in [0, 0.1) is 0 Å². The third kappa shape index (κ3) is 2.38. The molecule has 1 aromatic heterocycles. The molecule has 1 atom stereocenters. The molecule has 108 valence electrons. The molecule has 2 fully saturated rings. The summed E-state index contributed by atoms with van der Waals surface area (Å²) in [6.45, 7) is 9.38. The second-order valence-electron chi connectivity index (χ2n) is 6.75. The lowest BCUT2D eigenvalue weighted by molar-refractivity contribution is 0.00578. The van der Waals surface area contributed by atoms with Gasteiger partial charge in [0, 0.05) is 12.2 Å². The fraction of sp³-hybridized carbons (Fsp3) is 0.667. The standard InChI is InChI=1S/C15H23BN2O2/c1-14(2)15(3,4)20-16(19-14)11-7-9-18-13(10-11)12-6-5-8-17-12/h7,9-10,12,17H,5-6,8H2,1-4H3. The van der Waals surface area contributed by atoms with E-state index >= 15 is 0 Å². The van der Waals surface area contributed by atoms with Gasteiger partial charge in [-0.05, 0) is 64.7 Å². The summed E-state index contributed by atoms with van der Waals surface area (Å²) in [5.74, 6) is 0. The number of pyridine rings is 1. The van der Waals surface area contributed by atoms with Gasteiger partial charge in [0.05, 0.1) is 16.9 Å². The number of hydrogen-bond acceptors (Lipinski definition) is 4. The summed E-state index contributed by atoms with van der Waals surface area (Å²) in [5, 5.41) is 3.48. The van der Waals surface area contributed by atoms with Crippen LogP contribution in [0.2, 0.25) is 0 Å². The Morgan fingerprint density at radius 2 is 1.95 bits per heavy atom. The molecule has 2 aliphatic rings. The average molecular weight is 274 g/mol. The lowest BCUT2D eigenvalue weighted by atomic mass is 9.79. The van der Waals surface area contributed by atoms with Crippen molar-refractivity contribution in [2.75, 3.05) is 6.54 Å². The third-order valence-electron chi connectivity index (χ3n) is 4.75. The minimum atomic E-state index is -0.303. The lowest BCUT2D eigenvalue weighted by Crippen LogP contribution is -2.41. The van der Waals surface area contributed by atoms with Crippen LogP contribution < -0.4 is 10.8 Å². The molecule has 1 unspecified atom stereocenters. The van der Waals surface area contributed by atoms with E-state index in [4.69, 9.17) is 9.31 Å². The van der Waals surface area contributed by atoms with Crippen LogP contribution in [-0.4, -0.2) is 29.8 Å². The Bertz CT molecular complexity index is 482. The normalized spacial score (nSPS) is 28.0. The monoisotopic (exact) mass is 274 g/mol. The summed E-state index contributed by atoms with van der Waals surface area (Å²) < 4.78 is 12.2. The van der Waals surface area contributed by atoms with Gasteiger partial charge in [0.1, 0.15) is 0 Å². The van der Waals surface area contributed by atoms with Gasteiger partial charge in [-0.25, -0.2) is 0 Å². The lowest BCUT2D eigenvalue weighted by Gasteiger charge is -2.32. The predicted octanol–water partition coefficient (Wildman–Crippen LogP) is 1.81. The Balaban J connectivity index is 1.83. The maximum absolute atomic E-state index is 6.10. The van der Waals surface area contributed by atoms with Crippen molar-refractivity contribution in [2.45, 2.75) is 57.8 Å². The van der Waals surface area contributed by atoms with Crippen molar-refractivity contribution < 1.29 is 9.31 Å². The van der Waals surface area contributed by atoms with Crippen molar-refractivity contribution in [3.05, 3.63) is 24.0 Å². The predicted molar refractivity (Wildman–Crippen MR) is 79.9 cm³/mol. The zero-order valence-corrected chi connectivity index (χ0v) is 12.8. The van der Waals surface area contributed by atoms with Crippen molar-refractivity contribution >= 4 is 12.6 Å². The van der Waals surface area contributed by atoms with E-state index in [0.29, 0.717) is 6.04 Å². The average Bonchev–Trinajstić information content (AvgIpc) is 2.97. The van der Waals surface area contributed by atoms with Gasteiger partial charge in [-0.2, -0.15) is 0 Å². The van der Waals surface area contributed by atoms with Gasteiger partial charge in [0.15, 0.2) is 0 Å². The highest BCUT2D eigenvalue weighted by Gasteiger charge is 2.51. The van der Waals surface area contributed by atoms with Gasteiger partial charge in [0.25, 0.3) is 0 Å². The summed E-state index contributed by atoms with van der Waals surface area (Å²) in [6, 6.07) is 4.48. The van der Waals surface area contributed by atoms with E-state index in [1.807, 2.05) is 12.3 Å². The van der Waals surface area contributed by atoms with E-state index in [0.717, 1.165) is 24.1 Å². The summed E-state index contributed by atoms with van der Waals surface area (Å²) in [6.07, 6.45) is 4.22. The van der Waals surface area contributed by atoms with Crippen LogP contribution in [0.25, 0.3) is 0 Å². The van der Waals surface area contributed by atoms with Gasteiger partial charge >= 0.3 is 7.12 Å². The summed E-state index contributed by atoms with van der Waals surface area (Å²) in [5.41, 5.74) is 1.55. The SMILES string of the molecule is CC1(C)OB(c2ccnc(C3CCCN3)c2)OC1(C)C. The first-order chi connectivity index (χ1) is 9.39. The van der Waals surface area contributed by atoms with E-state index in [2.05, 4.69) is 44.1 Å². The van der Waals surface area contributed by atoms with Crippen LogP contribution in [0.3, 0.4) is 0 Å².